The highest BCUT2D eigenvalue weighted by Gasteiger charge is 2.27. The number of hydrogen-bond acceptors (Lipinski definition) is 2. The van der Waals surface area contributed by atoms with Gasteiger partial charge in [0, 0.05) is 47.8 Å². The number of benzene rings is 2. The fourth-order valence-corrected chi connectivity index (χ4v) is 4.83. The van der Waals surface area contributed by atoms with E-state index < -0.39 is 0 Å². The molecule has 6 heteroatoms. The largest absolute Gasteiger partial charge is 0.325 e. The highest BCUT2D eigenvalue weighted by atomic mass is 35.5. The molecule has 0 bridgehead atoms. The second-order valence-electron chi connectivity index (χ2n) is 7.81. The average molecular weight is 418 g/mol. The van der Waals surface area contributed by atoms with Gasteiger partial charge in [-0.1, -0.05) is 35.3 Å². The van der Waals surface area contributed by atoms with Crippen LogP contribution < -0.4 is 5.32 Å². The second-order valence-corrected chi connectivity index (χ2v) is 8.65. The molecule has 0 radical (unpaired) electrons. The maximum absolute atomic E-state index is 12.6. The van der Waals surface area contributed by atoms with Crippen molar-refractivity contribution < 1.29 is 4.79 Å². The van der Waals surface area contributed by atoms with Crippen LogP contribution in [0.4, 0.5) is 10.5 Å². The van der Waals surface area contributed by atoms with E-state index in [0.717, 1.165) is 55.8 Å². The fraction of sp³-hybridized carbons (Fsp3) is 0.409. The molecule has 28 heavy (non-hydrogen) atoms. The highest BCUT2D eigenvalue weighted by Crippen LogP contribution is 2.38. The van der Waals surface area contributed by atoms with Gasteiger partial charge in [-0.2, -0.15) is 0 Å². The number of hydrogen-bond donors (Lipinski definition) is 1. The predicted molar refractivity (Wildman–Crippen MR) is 116 cm³/mol. The lowest BCUT2D eigenvalue weighted by atomic mass is 9.84. The van der Waals surface area contributed by atoms with Crippen LogP contribution in [0.5, 0.6) is 0 Å². The minimum absolute atomic E-state index is 0.0101. The Bertz CT molecular complexity index is 880. The third kappa shape index (κ3) is 4.14. The number of halogens is 2. The van der Waals surface area contributed by atoms with Gasteiger partial charge in [-0.3, -0.25) is 0 Å². The molecular formula is C22H25Cl2N3O. The number of amides is 2. The third-order valence-electron chi connectivity index (χ3n) is 5.68. The minimum atomic E-state index is -0.0101. The van der Waals surface area contributed by atoms with Crippen molar-refractivity contribution in [3.05, 3.63) is 63.1 Å². The summed E-state index contributed by atoms with van der Waals surface area (Å²) in [5, 5.41) is 4.45. The minimum Gasteiger partial charge on any atom is -0.325 e. The number of piperidine rings is 1. The maximum Gasteiger partial charge on any atom is 0.321 e. The molecule has 1 atom stereocenters. The van der Waals surface area contributed by atoms with Crippen molar-refractivity contribution in [2.24, 2.45) is 0 Å². The zero-order valence-corrected chi connectivity index (χ0v) is 17.6. The molecule has 0 spiro atoms. The Labute approximate surface area is 176 Å². The molecule has 4 rings (SSSR count). The number of urea groups is 1. The fourth-order valence-electron chi connectivity index (χ4n) is 4.26. The molecule has 2 aromatic rings. The number of nitrogens with one attached hydrogen (secondary N) is 1. The summed E-state index contributed by atoms with van der Waals surface area (Å²) < 4.78 is 0. The van der Waals surface area contributed by atoms with E-state index in [1.54, 1.807) is 0 Å². The Kier molecular flexibility index (Phi) is 5.81. The smallest absolute Gasteiger partial charge is 0.321 e. The van der Waals surface area contributed by atoms with Gasteiger partial charge < -0.3 is 15.1 Å². The van der Waals surface area contributed by atoms with Crippen molar-refractivity contribution >= 4 is 34.9 Å². The summed E-state index contributed by atoms with van der Waals surface area (Å²) in [6, 6.07) is 12.0. The summed E-state index contributed by atoms with van der Waals surface area (Å²) in [5.74, 6) is 0.164. The molecule has 4 nitrogen and oxygen atoms in total. The van der Waals surface area contributed by atoms with Crippen LogP contribution in [0.15, 0.2) is 36.4 Å². The molecular weight excluding hydrogens is 393 g/mol. The zero-order valence-electron chi connectivity index (χ0n) is 16.0. The van der Waals surface area contributed by atoms with Gasteiger partial charge in [-0.05, 0) is 67.3 Å². The molecule has 1 unspecified atom stereocenters. The number of rotatable bonds is 2. The summed E-state index contributed by atoms with van der Waals surface area (Å²) in [6.07, 6.45) is 3.37. The lowest BCUT2D eigenvalue weighted by Crippen LogP contribution is -2.38. The van der Waals surface area contributed by atoms with Crippen molar-refractivity contribution in [2.45, 2.75) is 31.7 Å². The molecule has 0 aromatic heterocycles. The van der Waals surface area contributed by atoms with E-state index >= 15 is 0 Å². The summed E-state index contributed by atoms with van der Waals surface area (Å²) in [7, 11) is 2.10. The van der Waals surface area contributed by atoms with Crippen LogP contribution in [0, 0.1) is 0 Å². The Morgan fingerprint density at radius 3 is 2.68 bits per heavy atom. The van der Waals surface area contributed by atoms with E-state index in [0.29, 0.717) is 10.0 Å². The number of likely N-dealkylation sites (tertiary alicyclic amines) is 1. The van der Waals surface area contributed by atoms with Crippen LogP contribution in [-0.4, -0.2) is 42.5 Å². The molecule has 1 saturated heterocycles. The van der Waals surface area contributed by atoms with E-state index in [1.807, 2.05) is 29.2 Å². The first-order valence-corrected chi connectivity index (χ1v) is 10.6. The SMILES string of the molecule is CN1Cc2c(Cl)cc(Cl)cc2C(c2cccc(NC(=O)N3CCCCC3)c2)C1. The first kappa shape index (κ1) is 19.6. The number of nitrogens with zero attached hydrogens (tertiary/aromatic N) is 2. The van der Waals surface area contributed by atoms with Gasteiger partial charge >= 0.3 is 6.03 Å². The molecule has 2 aliphatic rings. The maximum atomic E-state index is 12.6. The molecule has 0 saturated carbocycles. The summed E-state index contributed by atoms with van der Waals surface area (Å²) in [6.45, 7) is 3.37. The van der Waals surface area contributed by atoms with Gasteiger partial charge in [0.2, 0.25) is 0 Å². The van der Waals surface area contributed by atoms with Crippen LogP contribution in [0.25, 0.3) is 0 Å². The Morgan fingerprint density at radius 1 is 1.11 bits per heavy atom. The number of carbonyl (C=O) groups excluding carboxylic acids is 1. The Hall–Kier alpha value is -1.75. The predicted octanol–water partition coefficient (Wildman–Crippen LogP) is 5.59. The molecule has 2 aromatic carbocycles. The topological polar surface area (TPSA) is 35.6 Å². The van der Waals surface area contributed by atoms with Gasteiger partial charge in [0.15, 0.2) is 0 Å². The third-order valence-corrected chi connectivity index (χ3v) is 6.23. The molecule has 1 N–H and O–H groups in total. The van der Waals surface area contributed by atoms with Crippen molar-refractivity contribution in [1.29, 1.82) is 0 Å². The van der Waals surface area contributed by atoms with Crippen LogP contribution in [0.1, 0.15) is 41.9 Å². The normalized spacial score (nSPS) is 20.0. The first-order valence-electron chi connectivity index (χ1n) is 9.83. The van der Waals surface area contributed by atoms with E-state index in [9.17, 15) is 4.79 Å². The van der Waals surface area contributed by atoms with Crippen LogP contribution in [0.3, 0.4) is 0 Å². The van der Waals surface area contributed by atoms with Crippen molar-refractivity contribution in [2.75, 3.05) is 32.0 Å². The molecule has 148 valence electrons. The van der Waals surface area contributed by atoms with Crippen molar-refractivity contribution in [3.63, 3.8) is 0 Å². The van der Waals surface area contributed by atoms with E-state index in [1.165, 1.54) is 12.0 Å². The molecule has 1 fully saturated rings. The van der Waals surface area contributed by atoms with Crippen LogP contribution >= 0.6 is 23.2 Å². The van der Waals surface area contributed by atoms with Crippen LogP contribution in [-0.2, 0) is 6.54 Å². The van der Waals surface area contributed by atoms with Crippen molar-refractivity contribution in [1.82, 2.24) is 9.80 Å². The van der Waals surface area contributed by atoms with Gasteiger partial charge in [0.25, 0.3) is 0 Å². The molecule has 0 aliphatic carbocycles. The van der Waals surface area contributed by atoms with Gasteiger partial charge in [0.1, 0.15) is 0 Å². The monoisotopic (exact) mass is 417 g/mol. The van der Waals surface area contributed by atoms with Gasteiger partial charge in [-0.15, -0.1) is 0 Å². The van der Waals surface area contributed by atoms with E-state index in [2.05, 4.69) is 29.4 Å². The van der Waals surface area contributed by atoms with Gasteiger partial charge in [-0.25, -0.2) is 4.79 Å². The lowest BCUT2D eigenvalue weighted by Gasteiger charge is -2.33. The second kappa shape index (κ2) is 8.32. The average Bonchev–Trinajstić information content (AvgIpc) is 2.69. The zero-order chi connectivity index (χ0) is 19.7. The lowest BCUT2D eigenvalue weighted by molar-refractivity contribution is 0.200. The molecule has 2 heterocycles. The highest BCUT2D eigenvalue weighted by molar-refractivity contribution is 6.35. The van der Waals surface area contributed by atoms with E-state index in [-0.39, 0.29) is 11.9 Å². The molecule has 2 aliphatic heterocycles. The number of carbonyl (C=O) groups is 1. The molecule has 2 amide bonds. The summed E-state index contributed by atoms with van der Waals surface area (Å²) in [4.78, 5) is 16.7. The number of anilines is 1. The first-order chi connectivity index (χ1) is 13.5. The van der Waals surface area contributed by atoms with Crippen LogP contribution in [0.2, 0.25) is 10.0 Å². The van der Waals surface area contributed by atoms with Gasteiger partial charge in [0.05, 0.1) is 0 Å². The van der Waals surface area contributed by atoms with Crippen molar-refractivity contribution in [3.8, 4) is 0 Å². The number of likely N-dealkylation sites (N-methyl/N-ethyl adjacent to an activating group) is 1. The number of fused-ring (bicyclic) bond motifs is 1. The quantitative estimate of drug-likeness (QED) is 0.690. The van der Waals surface area contributed by atoms with E-state index in [4.69, 9.17) is 23.2 Å². The summed E-state index contributed by atoms with van der Waals surface area (Å²) in [5.41, 5.74) is 4.29. The Morgan fingerprint density at radius 2 is 1.89 bits per heavy atom. The standard InChI is InChI=1S/C22H25Cl2N3O/c1-26-13-19(18-11-16(23)12-21(24)20(18)14-26)15-6-5-7-17(10-15)25-22(28)27-8-3-2-4-9-27/h5-7,10-12,19H,2-4,8-9,13-14H2,1H3,(H,25,28). The Balaban J connectivity index is 1.60. The summed E-state index contributed by atoms with van der Waals surface area (Å²) >= 11 is 12.8.